The van der Waals surface area contributed by atoms with Crippen LogP contribution in [0.2, 0.25) is 0 Å². The Morgan fingerprint density at radius 2 is 2.05 bits per heavy atom. The molecule has 2 aliphatic rings. The van der Waals surface area contributed by atoms with Crippen LogP contribution in [0.5, 0.6) is 0 Å². The second-order valence-corrected chi connectivity index (χ2v) is 5.12. The van der Waals surface area contributed by atoms with E-state index in [0.717, 1.165) is 42.8 Å². The van der Waals surface area contributed by atoms with Gasteiger partial charge in [0.25, 0.3) is 0 Å². The van der Waals surface area contributed by atoms with E-state index in [-0.39, 0.29) is 0 Å². The molecule has 0 fully saturated rings. The van der Waals surface area contributed by atoms with Gasteiger partial charge in [0.15, 0.2) is 0 Å². The Morgan fingerprint density at radius 3 is 2.84 bits per heavy atom. The van der Waals surface area contributed by atoms with E-state index in [1.54, 1.807) is 0 Å². The van der Waals surface area contributed by atoms with E-state index in [1.165, 1.54) is 11.5 Å². The van der Waals surface area contributed by atoms with Gasteiger partial charge in [-0.3, -0.25) is 0 Å². The fourth-order valence-electron chi connectivity index (χ4n) is 2.85. The van der Waals surface area contributed by atoms with Crippen molar-refractivity contribution in [2.75, 3.05) is 18.8 Å². The molecular formula is C15H16N4. The Bertz CT molecular complexity index is 708. The van der Waals surface area contributed by atoms with Gasteiger partial charge in [0.1, 0.15) is 5.82 Å². The number of aromatic nitrogens is 2. The zero-order chi connectivity index (χ0) is 12.8. The molecule has 2 heterocycles. The van der Waals surface area contributed by atoms with Gasteiger partial charge in [-0.1, -0.05) is 6.08 Å². The summed E-state index contributed by atoms with van der Waals surface area (Å²) in [6.45, 7) is 3.04. The molecule has 19 heavy (non-hydrogen) atoms. The zero-order valence-electron chi connectivity index (χ0n) is 10.7. The van der Waals surface area contributed by atoms with Gasteiger partial charge in [0, 0.05) is 37.4 Å². The first kappa shape index (κ1) is 10.7. The normalized spacial score (nSPS) is 17.9. The molecule has 2 aromatic rings. The number of hydrogen-bond acceptors (Lipinski definition) is 3. The van der Waals surface area contributed by atoms with Gasteiger partial charge in [-0.15, -0.1) is 0 Å². The summed E-state index contributed by atoms with van der Waals surface area (Å²) in [5.74, 6) is 1.17. The molecule has 0 amide bonds. The third kappa shape index (κ3) is 1.63. The van der Waals surface area contributed by atoms with E-state index in [2.05, 4.69) is 27.7 Å². The summed E-state index contributed by atoms with van der Waals surface area (Å²) in [6, 6.07) is 5.97. The first-order valence-corrected chi connectivity index (χ1v) is 6.69. The van der Waals surface area contributed by atoms with Crippen LogP contribution in [0.3, 0.4) is 0 Å². The van der Waals surface area contributed by atoms with Gasteiger partial charge in [-0.05, 0) is 30.4 Å². The number of benzene rings is 1. The number of anilines is 1. The minimum atomic E-state index is 0.806. The van der Waals surface area contributed by atoms with Crippen LogP contribution in [0.1, 0.15) is 5.82 Å². The first-order valence-electron chi connectivity index (χ1n) is 6.69. The summed E-state index contributed by atoms with van der Waals surface area (Å²) in [7, 11) is 0. The SMILES string of the molecule is Nc1ccc2nc3n(c2c1)CCN(C1=CC=C1)CC3. The van der Waals surface area contributed by atoms with E-state index in [1.807, 2.05) is 18.2 Å². The van der Waals surface area contributed by atoms with Crippen molar-refractivity contribution in [2.45, 2.75) is 13.0 Å². The summed E-state index contributed by atoms with van der Waals surface area (Å²) >= 11 is 0. The minimum Gasteiger partial charge on any atom is -0.399 e. The Hall–Kier alpha value is -2.23. The van der Waals surface area contributed by atoms with Gasteiger partial charge in [-0.25, -0.2) is 4.98 Å². The van der Waals surface area contributed by atoms with Crippen molar-refractivity contribution in [2.24, 2.45) is 0 Å². The maximum Gasteiger partial charge on any atom is 0.111 e. The molecule has 0 atom stereocenters. The number of nitrogen functional groups attached to an aromatic ring is 1. The van der Waals surface area contributed by atoms with Crippen molar-refractivity contribution >= 4 is 16.7 Å². The molecule has 0 unspecified atom stereocenters. The molecule has 0 saturated carbocycles. The third-order valence-electron chi connectivity index (χ3n) is 3.95. The van der Waals surface area contributed by atoms with Gasteiger partial charge < -0.3 is 15.2 Å². The molecule has 1 aliphatic carbocycles. The molecule has 0 radical (unpaired) electrons. The summed E-state index contributed by atoms with van der Waals surface area (Å²) in [5, 5.41) is 0. The monoisotopic (exact) mass is 252 g/mol. The number of nitrogens with zero attached hydrogens (tertiary/aromatic N) is 3. The number of hydrogen-bond donors (Lipinski definition) is 1. The molecule has 4 nitrogen and oxygen atoms in total. The van der Waals surface area contributed by atoms with Crippen LogP contribution in [0.15, 0.2) is 42.1 Å². The summed E-state index contributed by atoms with van der Waals surface area (Å²) in [6.07, 6.45) is 7.42. The number of imidazole rings is 1. The molecule has 4 rings (SSSR count). The lowest BCUT2D eigenvalue weighted by Gasteiger charge is -2.25. The van der Waals surface area contributed by atoms with Crippen LogP contribution in [-0.4, -0.2) is 27.5 Å². The molecule has 1 aliphatic heterocycles. The van der Waals surface area contributed by atoms with Crippen LogP contribution < -0.4 is 5.73 Å². The second kappa shape index (κ2) is 3.88. The molecule has 96 valence electrons. The van der Waals surface area contributed by atoms with Crippen LogP contribution in [-0.2, 0) is 13.0 Å². The van der Waals surface area contributed by atoms with Crippen LogP contribution in [0.25, 0.3) is 11.0 Å². The highest BCUT2D eigenvalue weighted by atomic mass is 15.2. The minimum absolute atomic E-state index is 0.806. The summed E-state index contributed by atoms with van der Waals surface area (Å²) < 4.78 is 2.31. The van der Waals surface area contributed by atoms with E-state index in [4.69, 9.17) is 10.7 Å². The highest BCUT2D eigenvalue weighted by Gasteiger charge is 2.19. The molecule has 1 aromatic heterocycles. The van der Waals surface area contributed by atoms with Crippen molar-refractivity contribution < 1.29 is 0 Å². The van der Waals surface area contributed by atoms with E-state index >= 15 is 0 Å². The van der Waals surface area contributed by atoms with Crippen molar-refractivity contribution in [3.8, 4) is 0 Å². The predicted octanol–water partition coefficient (Wildman–Crippen LogP) is 1.93. The third-order valence-corrected chi connectivity index (χ3v) is 3.95. The lowest BCUT2D eigenvalue weighted by atomic mass is 10.2. The molecule has 4 heteroatoms. The maximum absolute atomic E-state index is 5.89. The summed E-state index contributed by atoms with van der Waals surface area (Å²) in [4.78, 5) is 7.16. The zero-order valence-corrected chi connectivity index (χ0v) is 10.7. The first-order chi connectivity index (χ1) is 9.31. The Kier molecular flexibility index (Phi) is 2.18. The smallest absolute Gasteiger partial charge is 0.111 e. The van der Waals surface area contributed by atoms with E-state index < -0.39 is 0 Å². The van der Waals surface area contributed by atoms with Crippen LogP contribution in [0, 0.1) is 0 Å². The molecule has 0 spiro atoms. The quantitative estimate of drug-likeness (QED) is 0.789. The maximum atomic E-state index is 5.89. The number of allylic oxidation sites excluding steroid dienone is 3. The van der Waals surface area contributed by atoms with E-state index in [0.29, 0.717) is 0 Å². The van der Waals surface area contributed by atoms with Gasteiger partial charge in [-0.2, -0.15) is 0 Å². The fourth-order valence-corrected chi connectivity index (χ4v) is 2.85. The molecule has 2 N–H and O–H groups in total. The lowest BCUT2D eigenvalue weighted by Crippen LogP contribution is -2.26. The number of rotatable bonds is 1. The molecular weight excluding hydrogens is 236 g/mol. The highest BCUT2D eigenvalue weighted by molar-refractivity contribution is 5.79. The Morgan fingerprint density at radius 1 is 1.16 bits per heavy atom. The van der Waals surface area contributed by atoms with Gasteiger partial charge in [0.2, 0.25) is 0 Å². The predicted molar refractivity (Wildman–Crippen MR) is 76.6 cm³/mol. The largest absolute Gasteiger partial charge is 0.399 e. The average Bonchev–Trinajstić information content (AvgIpc) is 2.54. The van der Waals surface area contributed by atoms with Gasteiger partial charge >= 0.3 is 0 Å². The fraction of sp³-hybridized carbons (Fsp3) is 0.267. The average molecular weight is 252 g/mol. The number of fused-ring (bicyclic) bond motifs is 3. The van der Waals surface area contributed by atoms with Crippen molar-refractivity contribution in [3.63, 3.8) is 0 Å². The van der Waals surface area contributed by atoms with Crippen LogP contribution in [0.4, 0.5) is 5.69 Å². The Balaban J connectivity index is 1.71. The van der Waals surface area contributed by atoms with E-state index in [9.17, 15) is 0 Å². The van der Waals surface area contributed by atoms with Crippen molar-refractivity contribution in [1.29, 1.82) is 0 Å². The van der Waals surface area contributed by atoms with Gasteiger partial charge in [0.05, 0.1) is 11.0 Å². The van der Waals surface area contributed by atoms with Crippen molar-refractivity contribution in [1.82, 2.24) is 14.5 Å². The van der Waals surface area contributed by atoms with Crippen LogP contribution >= 0.6 is 0 Å². The topological polar surface area (TPSA) is 47.1 Å². The number of nitrogens with two attached hydrogens (primary N) is 1. The molecule has 0 bridgehead atoms. The second-order valence-electron chi connectivity index (χ2n) is 5.12. The molecule has 1 aromatic carbocycles. The highest BCUT2D eigenvalue weighted by Crippen LogP contribution is 2.23. The van der Waals surface area contributed by atoms with Crippen molar-refractivity contribution in [3.05, 3.63) is 47.9 Å². The Labute approximate surface area is 111 Å². The standard InChI is InChI=1S/C15H16N4/c16-11-4-5-13-14(10-11)19-9-8-18(12-2-1-3-12)7-6-15(19)17-13/h1-5,10H,6-9,16H2. The molecule has 0 saturated heterocycles. The summed E-state index contributed by atoms with van der Waals surface area (Å²) in [5.41, 5.74) is 10.3. The lowest BCUT2D eigenvalue weighted by molar-refractivity contribution is 0.359.